The van der Waals surface area contributed by atoms with Gasteiger partial charge in [0.15, 0.2) is 0 Å². The molecule has 0 saturated heterocycles. The molecule has 3 rings (SSSR count). The molecule has 5 heteroatoms. The van der Waals surface area contributed by atoms with Gasteiger partial charge in [-0.3, -0.25) is 4.98 Å². The fraction of sp³-hybridized carbons (Fsp3) is 0.176. The first-order valence-electron chi connectivity index (χ1n) is 7.16. The Labute approximate surface area is 134 Å². The fourth-order valence-corrected chi connectivity index (χ4v) is 2.32. The molecule has 0 aliphatic heterocycles. The van der Waals surface area contributed by atoms with Crippen LogP contribution in [-0.2, 0) is 6.54 Å². The number of pyridine rings is 1. The van der Waals surface area contributed by atoms with Crippen molar-refractivity contribution in [3.05, 3.63) is 77.3 Å². The number of hydrogen-bond acceptors (Lipinski definition) is 3. The normalized spacial score (nSPS) is 12.3. The van der Waals surface area contributed by atoms with E-state index in [2.05, 4.69) is 22.3 Å². The lowest BCUT2D eigenvalue weighted by molar-refractivity contribution is 0.561. The molecule has 0 bridgehead atoms. The molecule has 112 valence electrons. The summed E-state index contributed by atoms with van der Waals surface area (Å²) in [6.45, 7) is 2.84. The third-order valence-electron chi connectivity index (χ3n) is 3.47. The van der Waals surface area contributed by atoms with E-state index in [-0.39, 0.29) is 6.04 Å². The highest BCUT2D eigenvalue weighted by atomic mass is 35.5. The molecule has 0 saturated carbocycles. The Hall–Kier alpha value is -2.17. The van der Waals surface area contributed by atoms with Crippen molar-refractivity contribution in [1.82, 2.24) is 20.1 Å². The maximum atomic E-state index is 5.90. The van der Waals surface area contributed by atoms with E-state index in [1.165, 1.54) is 0 Å². The standard InChI is InChI=1S/C17H17ClN4/c1-13(17-4-2-3-9-19-17)20-10-14-11-21-22(12-14)16-7-5-15(18)6-8-16/h2-9,11-13,20H,10H2,1H3/t13-/m0/s1. The molecular formula is C17H17ClN4. The molecule has 4 nitrogen and oxygen atoms in total. The summed E-state index contributed by atoms with van der Waals surface area (Å²) in [5.41, 5.74) is 3.15. The molecule has 1 N–H and O–H groups in total. The van der Waals surface area contributed by atoms with E-state index in [1.54, 1.807) is 0 Å². The van der Waals surface area contributed by atoms with Crippen LogP contribution in [0.25, 0.3) is 5.69 Å². The smallest absolute Gasteiger partial charge is 0.0646 e. The Morgan fingerprint density at radius 2 is 2.00 bits per heavy atom. The third-order valence-corrected chi connectivity index (χ3v) is 3.72. The van der Waals surface area contributed by atoms with Crippen LogP contribution in [-0.4, -0.2) is 14.8 Å². The van der Waals surface area contributed by atoms with Crippen LogP contribution in [0.1, 0.15) is 24.2 Å². The van der Waals surface area contributed by atoms with Crippen LogP contribution in [0.15, 0.2) is 61.1 Å². The average molecular weight is 313 g/mol. The van der Waals surface area contributed by atoms with Gasteiger partial charge >= 0.3 is 0 Å². The van der Waals surface area contributed by atoms with Gasteiger partial charge in [0.2, 0.25) is 0 Å². The lowest BCUT2D eigenvalue weighted by Gasteiger charge is -2.12. The Bertz CT molecular complexity index is 722. The number of halogens is 1. The van der Waals surface area contributed by atoms with Gasteiger partial charge in [-0.15, -0.1) is 0 Å². The highest BCUT2D eigenvalue weighted by Gasteiger charge is 2.07. The Balaban J connectivity index is 1.63. The first kappa shape index (κ1) is 14.8. The molecule has 0 radical (unpaired) electrons. The second-order valence-electron chi connectivity index (χ2n) is 5.13. The predicted octanol–water partition coefficient (Wildman–Crippen LogP) is 3.77. The number of hydrogen-bond donors (Lipinski definition) is 1. The first-order valence-corrected chi connectivity index (χ1v) is 7.54. The van der Waals surface area contributed by atoms with E-state index >= 15 is 0 Å². The van der Waals surface area contributed by atoms with Gasteiger partial charge in [0, 0.05) is 35.6 Å². The van der Waals surface area contributed by atoms with Gasteiger partial charge < -0.3 is 5.32 Å². The van der Waals surface area contributed by atoms with E-state index in [1.807, 2.05) is 65.7 Å². The summed E-state index contributed by atoms with van der Waals surface area (Å²) in [6.07, 6.45) is 5.69. The van der Waals surface area contributed by atoms with E-state index in [9.17, 15) is 0 Å². The molecule has 3 aromatic rings. The van der Waals surface area contributed by atoms with Crippen molar-refractivity contribution in [2.24, 2.45) is 0 Å². The summed E-state index contributed by atoms with van der Waals surface area (Å²) in [6, 6.07) is 13.8. The SMILES string of the molecule is C[C@H](NCc1cnn(-c2ccc(Cl)cc2)c1)c1ccccn1. The highest BCUT2D eigenvalue weighted by molar-refractivity contribution is 6.30. The number of nitrogens with zero attached hydrogens (tertiary/aromatic N) is 3. The van der Waals surface area contributed by atoms with Gasteiger partial charge in [0.05, 0.1) is 17.6 Å². The number of aromatic nitrogens is 3. The quantitative estimate of drug-likeness (QED) is 0.780. The van der Waals surface area contributed by atoms with Gasteiger partial charge in [0.25, 0.3) is 0 Å². The van der Waals surface area contributed by atoms with Gasteiger partial charge in [-0.05, 0) is 43.3 Å². The molecule has 1 aromatic carbocycles. The fourth-order valence-electron chi connectivity index (χ4n) is 2.19. The van der Waals surface area contributed by atoms with E-state index in [4.69, 9.17) is 11.6 Å². The summed E-state index contributed by atoms with van der Waals surface area (Å²) < 4.78 is 1.85. The summed E-state index contributed by atoms with van der Waals surface area (Å²) in [4.78, 5) is 4.36. The van der Waals surface area contributed by atoms with Crippen LogP contribution < -0.4 is 5.32 Å². The Morgan fingerprint density at radius 1 is 1.18 bits per heavy atom. The van der Waals surface area contributed by atoms with E-state index < -0.39 is 0 Å². The molecule has 0 amide bonds. The van der Waals surface area contributed by atoms with Crippen molar-refractivity contribution in [1.29, 1.82) is 0 Å². The Morgan fingerprint density at radius 3 is 2.73 bits per heavy atom. The molecule has 2 heterocycles. The molecule has 1 atom stereocenters. The van der Waals surface area contributed by atoms with Crippen LogP contribution in [0.5, 0.6) is 0 Å². The van der Waals surface area contributed by atoms with Gasteiger partial charge in [-0.1, -0.05) is 17.7 Å². The summed E-state index contributed by atoms with van der Waals surface area (Å²) in [5, 5.41) is 8.56. The summed E-state index contributed by atoms with van der Waals surface area (Å²) in [5.74, 6) is 0. The van der Waals surface area contributed by atoms with Crippen molar-refractivity contribution < 1.29 is 0 Å². The van der Waals surface area contributed by atoms with Crippen molar-refractivity contribution in [2.45, 2.75) is 19.5 Å². The molecule has 0 fully saturated rings. The lowest BCUT2D eigenvalue weighted by Crippen LogP contribution is -2.18. The maximum Gasteiger partial charge on any atom is 0.0646 e. The zero-order valence-electron chi connectivity index (χ0n) is 12.3. The minimum atomic E-state index is 0.195. The molecular weight excluding hydrogens is 296 g/mol. The summed E-state index contributed by atoms with van der Waals surface area (Å²) in [7, 11) is 0. The predicted molar refractivity (Wildman–Crippen MR) is 88.1 cm³/mol. The Kier molecular flexibility index (Phi) is 4.51. The number of rotatable bonds is 5. The zero-order chi connectivity index (χ0) is 15.4. The van der Waals surface area contributed by atoms with Crippen LogP contribution >= 0.6 is 11.6 Å². The number of benzene rings is 1. The monoisotopic (exact) mass is 312 g/mol. The number of nitrogens with one attached hydrogen (secondary N) is 1. The second-order valence-corrected chi connectivity index (χ2v) is 5.56. The van der Waals surface area contributed by atoms with E-state index in [0.29, 0.717) is 0 Å². The van der Waals surface area contributed by atoms with Crippen LogP contribution in [0.4, 0.5) is 0 Å². The summed E-state index contributed by atoms with van der Waals surface area (Å²) >= 11 is 5.90. The highest BCUT2D eigenvalue weighted by Crippen LogP contribution is 2.14. The first-order chi connectivity index (χ1) is 10.7. The van der Waals surface area contributed by atoms with Gasteiger partial charge in [-0.25, -0.2) is 4.68 Å². The van der Waals surface area contributed by atoms with Crippen molar-refractivity contribution >= 4 is 11.6 Å². The minimum absolute atomic E-state index is 0.195. The molecule has 2 aromatic heterocycles. The van der Waals surface area contributed by atoms with E-state index in [0.717, 1.165) is 28.5 Å². The molecule has 0 aliphatic carbocycles. The van der Waals surface area contributed by atoms with Gasteiger partial charge in [-0.2, -0.15) is 5.10 Å². The van der Waals surface area contributed by atoms with Gasteiger partial charge in [0.1, 0.15) is 0 Å². The lowest BCUT2D eigenvalue weighted by atomic mass is 10.2. The maximum absolute atomic E-state index is 5.90. The molecule has 0 unspecified atom stereocenters. The van der Waals surface area contributed by atoms with Crippen molar-refractivity contribution in [2.75, 3.05) is 0 Å². The zero-order valence-corrected chi connectivity index (χ0v) is 13.0. The molecule has 0 spiro atoms. The van der Waals surface area contributed by atoms with Crippen LogP contribution in [0, 0.1) is 0 Å². The van der Waals surface area contributed by atoms with Crippen LogP contribution in [0.2, 0.25) is 5.02 Å². The van der Waals surface area contributed by atoms with Crippen molar-refractivity contribution in [3.8, 4) is 5.69 Å². The molecule has 22 heavy (non-hydrogen) atoms. The topological polar surface area (TPSA) is 42.7 Å². The van der Waals surface area contributed by atoms with Crippen LogP contribution in [0.3, 0.4) is 0 Å². The average Bonchev–Trinajstić information content (AvgIpc) is 3.03. The largest absolute Gasteiger partial charge is 0.305 e. The molecule has 0 aliphatic rings. The second kappa shape index (κ2) is 6.73. The third kappa shape index (κ3) is 3.53. The van der Waals surface area contributed by atoms with Crippen molar-refractivity contribution in [3.63, 3.8) is 0 Å². The minimum Gasteiger partial charge on any atom is -0.305 e.